The Bertz CT molecular complexity index is 799. The molecule has 0 fully saturated rings. The van der Waals surface area contributed by atoms with E-state index in [1.807, 2.05) is 24.3 Å². The first-order chi connectivity index (χ1) is 11.1. The predicted molar refractivity (Wildman–Crippen MR) is 84.7 cm³/mol. The number of ether oxygens (including phenoxy) is 1. The highest BCUT2D eigenvalue weighted by Crippen LogP contribution is 2.26. The molecule has 3 rings (SSSR count). The number of hydrazone groups is 1. The zero-order chi connectivity index (χ0) is 16.4. The standard InChI is InChI=1S/C16H13N3O4/c1-23-14-4-2-3-11(9-14)15-10-16(20)18(17-15)12-5-7-13(8-6-12)19(21)22/h2-9H,10H2,1H3. The maximum absolute atomic E-state index is 12.2. The number of hydrogen-bond donors (Lipinski definition) is 0. The molecule has 0 unspecified atom stereocenters. The highest BCUT2D eigenvalue weighted by atomic mass is 16.6. The van der Waals surface area contributed by atoms with Gasteiger partial charge in [0.1, 0.15) is 5.75 Å². The molecule has 1 amide bonds. The van der Waals surface area contributed by atoms with Gasteiger partial charge in [0.25, 0.3) is 11.6 Å². The summed E-state index contributed by atoms with van der Waals surface area (Å²) in [6.07, 6.45) is 0.171. The van der Waals surface area contributed by atoms with Crippen LogP contribution in [-0.2, 0) is 4.79 Å². The third-order valence-electron chi connectivity index (χ3n) is 3.48. The summed E-state index contributed by atoms with van der Waals surface area (Å²) in [5, 5.41) is 16.3. The van der Waals surface area contributed by atoms with Crippen molar-refractivity contribution in [3.05, 3.63) is 64.2 Å². The average Bonchev–Trinajstić information content (AvgIpc) is 2.97. The van der Waals surface area contributed by atoms with Gasteiger partial charge in [0.05, 0.1) is 29.9 Å². The first-order valence-electron chi connectivity index (χ1n) is 6.88. The van der Waals surface area contributed by atoms with Gasteiger partial charge < -0.3 is 4.74 Å². The number of amides is 1. The zero-order valence-corrected chi connectivity index (χ0v) is 12.3. The van der Waals surface area contributed by atoms with Crippen LogP contribution in [0.3, 0.4) is 0 Å². The van der Waals surface area contributed by atoms with Gasteiger partial charge in [-0.05, 0) is 24.3 Å². The normalized spacial score (nSPS) is 13.9. The van der Waals surface area contributed by atoms with Crippen molar-refractivity contribution >= 4 is 23.0 Å². The van der Waals surface area contributed by atoms with E-state index in [-0.39, 0.29) is 18.0 Å². The van der Waals surface area contributed by atoms with E-state index in [4.69, 9.17) is 4.74 Å². The second-order valence-electron chi connectivity index (χ2n) is 4.93. The fourth-order valence-electron chi connectivity index (χ4n) is 2.31. The lowest BCUT2D eigenvalue weighted by Crippen LogP contribution is -2.19. The van der Waals surface area contributed by atoms with Crippen molar-refractivity contribution in [2.24, 2.45) is 5.10 Å². The number of hydrogen-bond acceptors (Lipinski definition) is 5. The van der Waals surface area contributed by atoms with Gasteiger partial charge in [0, 0.05) is 17.7 Å². The quantitative estimate of drug-likeness (QED) is 0.642. The van der Waals surface area contributed by atoms with E-state index >= 15 is 0 Å². The lowest BCUT2D eigenvalue weighted by Gasteiger charge is -2.10. The van der Waals surface area contributed by atoms with E-state index < -0.39 is 4.92 Å². The lowest BCUT2D eigenvalue weighted by atomic mass is 10.1. The predicted octanol–water partition coefficient (Wildman–Crippen LogP) is 2.74. The van der Waals surface area contributed by atoms with Gasteiger partial charge in [-0.3, -0.25) is 14.9 Å². The van der Waals surface area contributed by atoms with Crippen LogP contribution in [0, 0.1) is 10.1 Å². The fraction of sp³-hybridized carbons (Fsp3) is 0.125. The fourth-order valence-corrected chi connectivity index (χ4v) is 2.31. The van der Waals surface area contributed by atoms with Crippen LogP contribution in [0.25, 0.3) is 0 Å². The summed E-state index contributed by atoms with van der Waals surface area (Å²) in [4.78, 5) is 22.4. The number of nitro benzene ring substituents is 1. The van der Waals surface area contributed by atoms with Crippen LogP contribution in [0.2, 0.25) is 0 Å². The van der Waals surface area contributed by atoms with E-state index in [2.05, 4.69) is 5.10 Å². The summed E-state index contributed by atoms with van der Waals surface area (Å²) in [6.45, 7) is 0. The second kappa shape index (κ2) is 5.88. The van der Waals surface area contributed by atoms with E-state index in [9.17, 15) is 14.9 Å². The minimum atomic E-state index is -0.486. The molecular weight excluding hydrogens is 298 g/mol. The SMILES string of the molecule is COc1cccc(C2=NN(c3ccc([N+](=O)[O-])cc3)C(=O)C2)c1. The van der Waals surface area contributed by atoms with Crippen LogP contribution in [0.5, 0.6) is 5.75 Å². The van der Waals surface area contributed by atoms with E-state index in [0.29, 0.717) is 17.1 Å². The Balaban J connectivity index is 1.90. The zero-order valence-electron chi connectivity index (χ0n) is 12.3. The molecular formula is C16H13N3O4. The Hall–Kier alpha value is -3.22. The number of methoxy groups -OCH3 is 1. The monoisotopic (exact) mass is 311 g/mol. The van der Waals surface area contributed by atoms with Gasteiger partial charge >= 0.3 is 0 Å². The molecule has 0 aromatic heterocycles. The summed E-state index contributed by atoms with van der Waals surface area (Å²) >= 11 is 0. The molecule has 0 saturated heterocycles. The van der Waals surface area contributed by atoms with Crippen molar-refractivity contribution in [1.82, 2.24) is 0 Å². The van der Waals surface area contributed by atoms with Crippen LogP contribution in [0.15, 0.2) is 53.6 Å². The van der Waals surface area contributed by atoms with Crippen LogP contribution in [0.4, 0.5) is 11.4 Å². The molecule has 0 bridgehead atoms. The molecule has 116 valence electrons. The number of rotatable bonds is 4. The number of nitro groups is 1. The number of anilines is 1. The summed E-state index contributed by atoms with van der Waals surface area (Å²) < 4.78 is 5.17. The number of non-ortho nitro benzene ring substituents is 1. The molecule has 2 aromatic rings. The van der Waals surface area contributed by atoms with Crippen LogP contribution >= 0.6 is 0 Å². The number of carbonyl (C=O) groups is 1. The molecule has 0 N–H and O–H groups in total. The third kappa shape index (κ3) is 2.89. The Morgan fingerprint density at radius 1 is 1.22 bits per heavy atom. The Morgan fingerprint density at radius 2 is 1.96 bits per heavy atom. The molecule has 2 aromatic carbocycles. The van der Waals surface area contributed by atoms with E-state index in [0.717, 1.165) is 5.56 Å². The van der Waals surface area contributed by atoms with Crippen molar-refractivity contribution in [2.45, 2.75) is 6.42 Å². The molecule has 1 aliphatic heterocycles. The van der Waals surface area contributed by atoms with Gasteiger partial charge in [-0.2, -0.15) is 5.10 Å². The van der Waals surface area contributed by atoms with Crippen LogP contribution in [-0.4, -0.2) is 23.7 Å². The molecule has 7 heteroatoms. The molecule has 0 atom stereocenters. The number of benzene rings is 2. The molecule has 1 heterocycles. The lowest BCUT2D eigenvalue weighted by molar-refractivity contribution is -0.384. The molecule has 0 radical (unpaired) electrons. The topological polar surface area (TPSA) is 85.0 Å². The highest BCUT2D eigenvalue weighted by Gasteiger charge is 2.26. The second-order valence-corrected chi connectivity index (χ2v) is 4.93. The van der Waals surface area contributed by atoms with Gasteiger partial charge in [-0.15, -0.1) is 0 Å². The summed E-state index contributed by atoms with van der Waals surface area (Å²) in [5.41, 5.74) is 1.91. The van der Waals surface area contributed by atoms with Crippen molar-refractivity contribution < 1.29 is 14.5 Å². The van der Waals surface area contributed by atoms with Crippen molar-refractivity contribution in [1.29, 1.82) is 0 Å². The van der Waals surface area contributed by atoms with Crippen LogP contribution in [0.1, 0.15) is 12.0 Å². The van der Waals surface area contributed by atoms with Gasteiger partial charge in [-0.1, -0.05) is 12.1 Å². The van der Waals surface area contributed by atoms with Gasteiger partial charge in [0.2, 0.25) is 0 Å². The Morgan fingerprint density at radius 3 is 2.61 bits per heavy atom. The molecule has 1 aliphatic rings. The highest BCUT2D eigenvalue weighted by molar-refractivity contribution is 6.19. The Kier molecular flexibility index (Phi) is 3.76. The number of nitrogens with zero attached hydrogens (tertiary/aromatic N) is 3. The van der Waals surface area contributed by atoms with Crippen molar-refractivity contribution in [3.63, 3.8) is 0 Å². The smallest absolute Gasteiger partial charge is 0.269 e. The van der Waals surface area contributed by atoms with E-state index in [1.54, 1.807) is 7.11 Å². The molecule has 23 heavy (non-hydrogen) atoms. The molecule has 0 saturated carbocycles. The number of carbonyl (C=O) groups excluding carboxylic acids is 1. The first-order valence-corrected chi connectivity index (χ1v) is 6.88. The van der Waals surface area contributed by atoms with Crippen LogP contribution < -0.4 is 9.75 Å². The summed E-state index contributed by atoms with van der Waals surface area (Å²) in [7, 11) is 1.57. The van der Waals surface area contributed by atoms with Crippen molar-refractivity contribution in [3.8, 4) is 5.75 Å². The van der Waals surface area contributed by atoms with E-state index in [1.165, 1.54) is 29.3 Å². The minimum absolute atomic E-state index is 0.0302. The Labute approximate surface area is 131 Å². The molecule has 0 spiro atoms. The average molecular weight is 311 g/mol. The minimum Gasteiger partial charge on any atom is -0.497 e. The maximum Gasteiger partial charge on any atom is 0.269 e. The van der Waals surface area contributed by atoms with Gasteiger partial charge in [0.15, 0.2) is 0 Å². The van der Waals surface area contributed by atoms with Gasteiger partial charge in [-0.25, -0.2) is 5.01 Å². The summed E-state index contributed by atoms with van der Waals surface area (Å²) in [6, 6.07) is 13.0. The third-order valence-corrected chi connectivity index (χ3v) is 3.48. The first kappa shape index (κ1) is 14.7. The van der Waals surface area contributed by atoms with Crippen molar-refractivity contribution in [2.75, 3.05) is 12.1 Å². The largest absolute Gasteiger partial charge is 0.497 e. The summed E-state index contributed by atoms with van der Waals surface area (Å²) in [5.74, 6) is 0.503. The molecule has 7 nitrogen and oxygen atoms in total. The maximum atomic E-state index is 12.2. The molecule has 0 aliphatic carbocycles.